The van der Waals surface area contributed by atoms with E-state index in [1.54, 1.807) is 6.20 Å². The summed E-state index contributed by atoms with van der Waals surface area (Å²) in [5.41, 5.74) is 5.83. The van der Waals surface area contributed by atoms with Gasteiger partial charge in [-0.3, -0.25) is 9.59 Å². The van der Waals surface area contributed by atoms with Crippen LogP contribution in [-0.4, -0.2) is 60.5 Å². The molecule has 0 saturated carbocycles. The van der Waals surface area contributed by atoms with Crippen molar-refractivity contribution < 1.29 is 9.59 Å². The first kappa shape index (κ1) is 19.2. The zero-order valence-electron chi connectivity index (χ0n) is 15.1. The van der Waals surface area contributed by atoms with E-state index in [1.165, 1.54) is 0 Å². The molecule has 0 radical (unpaired) electrons. The molecule has 0 bridgehead atoms. The molecular formula is C18H29N5O2. The number of pyridine rings is 1. The highest BCUT2D eigenvalue weighted by Crippen LogP contribution is 2.12. The van der Waals surface area contributed by atoms with Gasteiger partial charge in [-0.1, -0.05) is 19.9 Å². The molecule has 1 aromatic heterocycles. The molecule has 7 nitrogen and oxygen atoms in total. The SMILES string of the molecule is CC(C)C[C@H](N)C(=O)NCCC(=O)N1CCN(c2ccccn2)CC1. The Bertz CT molecular complexity index is 556. The number of nitrogens with two attached hydrogens (primary N) is 1. The average Bonchev–Trinajstić information content (AvgIpc) is 2.61. The van der Waals surface area contributed by atoms with Crippen molar-refractivity contribution in [2.24, 2.45) is 11.7 Å². The fraction of sp³-hybridized carbons (Fsp3) is 0.611. The molecule has 0 aromatic carbocycles. The van der Waals surface area contributed by atoms with Crippen LogP contribution < -0.4 is 16.0 Å². The number of carbonyl (C=O) groups excluding carboxylic acids is 2. The molecule has 0 spiro atoms. The van der Waals surface area contributed by atoms with Gasteiger partial charge in [-0.15, -0.1) is 0 Å². The smallest absolute Gasteiger partial charge is 0.236 e. The zero-order chi connectivity index (χ0) is 18.2. The maximum atomic E-state index is 12.3. The number of hydrogen-bond acceptors (Lipinski definition) is 5. The maximum Gasteiger partial charge on any atom is 0.236 e. The maximum absolute atomic E-state index is 12.3. The van der Waals surface area contributed by atoms with Gasteiger partial charge in [0.2, 0.25) is 11.8 Å². The van der Waals surface area contributed by atoms with E-state index in [4.69, 9.17) is 5.73 Å². The van der Waals surface area contributed by atoms with Gasteiger partial charge < -0.3 is 20.9 Å². The van der Waals surface area contributed by atoms with Gasteiger partial charge in [-0.05, 0) is 24.5 Å². The highest BCUT2D eigenvalue weighted by atomic mass is 16.2. The number of hydrogen-bond donors (Lipinski definition) is 2. The standard InChI is InChI=1S/C18H29N5O2/c1-14(2)13-15(19)18(25)21-8-6-17(24)23-11-9-22(10-12-23)16-5-3-4-7-20-16/h3-5,7,14-15H,6,8-13,19H2,1-2H3,(H,21,25)/t15-/m0/s1. The summed E-state index contributed by atoms with van der Waals surface area (Å²) in [5.74, 6) is 1.21. The first-order chi connectivity index (χ1) is 12.0. The molecule has 1 aliphatic heterocycles. The van der Waals surface area contributed by atoms with Crippen molar-refractivity contribution in [2.45, 2.75) is 32.7 Å². The summed E-state index contributed by atoms with van der Waals surface area (Å²) in [6.45, 7) is 7.29. The molecular weight excluding hydrogens is 318 g/mol. The molecule has 3 N–H and O–H groups in total. The number of nitrogens with one attached hydrogen (secondary N) is 1. The number of amides is 2. The number of piperazine rings is 1. The molecule has 7 heteroatoms. The number of carbonyl (C=O) groups is 2. The normalized spacial score (nSPS) is 16.0. The molecule has 2 rings (SSSR count). The van der Waals surface area contributed by atoms with Gasteiger partial charge in [-0.2, -0.15) is 0 Å². The van der Waals surface area contributed by atoms with Gasteiger partial charge in [0.25, 0.3) is 0 Å². The molecule has 25 heavy (non-hydrogen) atoms. The van der Waals surface area contributed by atoms with E-state index in [2.05, 4.69) is 15.2 Å². The van der Waals surface area contributed by atoms with Gasteiger partial charge >= 0.3 is 0 Å². The van der Waals surface area contributed by atoms with Crippen LogP contribution in [0.5, 0.6) is 0 Å². The quantitative estimate of drug-likeness (QED) is 0.754. The molecule has 1 atom stereocenters. The molecule has 138 valence electrons. The van der Waals surface area contributed by atoms with E-state index in [9.17, 15) is 9.59 Å². The van der Waals surface area contributed by atoms with Crippen LogP contribution in [0.2, 0.25) is 0 Å². The second-order valence-electron chi connectivity index (χ2n) is 6.83. The summed E-state index contributed by atoms with van der Waals surface area (Å²) in [4.78, 5) is 32.5. The summed E-state index contributed by atoms with van der Waals surface area (Å²) in [5, 5.41) is 2.76. The minimum absolute atomic E-state index is 0.0680. The van der Waals surface area contributed by atoms with E-state index in [0.717, 1.165) is 18.9 Å². The minimum atomic E-state index is -0.503. The second-order valence-corrected chi connectivity index (χ2v) is 6.83. The molecule has 1 aromatic rings. The van der Waals surface area contributed by atoms with Crippen molar-refractivity contribution in [1.29, 1.82) is 0 Å². The Morgan fingerprint density at radius 3 is 2.56 bits per heavy atom. The number of nitrogens with zero attached hydrogens (tertiary/aromatic N) is 3. The third-order valence-corrected chi connectivity index (χ3v) is 4.31. The molecule has 0 unspecified atom stereocenters. The van der Waals surface area contributed by atoms with Crippen molar-refractivity contribution >= 4 is 17.6 Å². The van der Waals surface area contributed by atoms with Crippen LogP contribution in [0.25, 0.3) is 0 Å². The number of anilines is 1. The summed E-state index contributed by atoms with van der Waals surface area (Å²) in [6, 6.07) is 5.34. The predicted octanol–water partition coefficient (Wildman–Crippen LogP) is 0.610. The molecule has 2 amide bonds. The average molecular weight is 347 g/mol. The molecule has 1 saturated heterocycles. The number of aromatic nitrogens is 1. The van der Waals surface area contributed by atoms with Crippen molar-refractivity contribution in [3.63, 3.8) is 0 Å². The third-order valence-electron chi connectivity index (χ3n) is 4.31. The van der Waals surface area contributed by atoms with Crippen LogP contribution in [0.15, 0.2) is 24.4 Å². The van der Waals surface area contributed by atoms with Crippen LogP contribution in [0.4, 0.5) is 5.82 Å². The predicted molar refractivity (Wildman–Crippen MR) is 98.1 cm³/mol. The summed E-state index contributed by atoms with van der Waals surface area (Å²) in [7, 11) is 0. The lowest BCUT2D eigenvalue weighted by Gasteiger charge is -2.35. The lowest BCUT2D eigenvalue weighted by molar-refractivity contribution is -0.131. The van der Waals surface area contributed by atoms with Crippen molar-refractivity contribution in [3.05, 3.63) is 24.4 Å². The van der Waals surface area contributed by atoms with Gasteiger partial charge in [-0.25, -0.2) is 4.98 Å². The Labute approximate surface area is 149 Å². The van der Waals surface area contributed by atoms with E-state index in [1.807, 2.05) is 36.9 Å². The molecule has 2 heterocycles. The van der Waals surface area contributed by atoms with Crippen molar-refractivity contribution in [3.8, 4) is 0 Å². The summed E-state index contributed by atoms with van der Waals surface area (Å²) in [6.07, 6.45) is 2.73. The van der Waals surface area contributed by atoms with Gasteiger partial charge in [0.15, 0.2) is 0 Å². The second kappa shape index (κ2) is 9.36. The fourth-order valence-electron chi connectivity index (χ4n) is 2.92. The molecule has 1 aliphatic rings. The van der Waals surface area contributed by atoms with E-state index < -0.39 is 6.04 Å². The minimum Gasteiger partial charge on any atom is -0.354 e. The van der Waals surface area contributed by atoms with Crippen molar-refractivity contribution in [2.75, 3.05) is 37.6 Å². The van der Waals surface area contributed by atoms with Crippen LogP contribution in [-0.2, 0) is 9.59 Å². The van der Waals surface area contributed by atoms with Gasteiger partial charge in [0.1, 0.15) is 5.82 Å². The van der Waals surface area contributed by atoms with Crippen LogP contribution in [0.3, 0.4) is 0 Å². The highest BCUT2D eigenvalue weighted by molar-refractivity contribution is 5.82. The first-order valence-electron chi connectivity index (χ1n) is 8.94. The summed E-state index contributed by atoms with van der Waals surface area (Å²) >= 11 is 0. The van der Waals surface area contributed by atoms with E-state index in [-0.39, 0.29) is 11.8 Å². The van der Waals surface area contributed by atoms with Crippen LogP contribution in [0.1, 0.15) is 26.7 Å². The Hall–Kier alpha value is -2.15. The number of rotatable bonds is 7. The van der Waals surface area contributed by atoms with Crippen molar-refractivity contribution in [1.82, 2.24) is 15.2 Å². The van der Waals surface area contributed by atoms with Crippen LogP contribution in [0, 0.1) is 5.92 Å². The van der Waals surface area contributed by atoms with Gasteiger partial charge in [0.05, 0.1) is 6.04 Å². The molecule has 1 fully saturated rings. The third kappa shape index (κ3) is 6.01. The molecule has 0 aliphatic carbocycles. The zero-order valence-corrected chi connectivity index (χ0v) is 15.1. The topological polar surface area (TPSA) is 91.6 Å². The fourth-order valence-corrected chi connectivity index (χ4v) is 2.92. The largest absolute Gasteiger partial charge is 0.354 e. The lowest BCUT2D eigenvalue weighted by atomic mass is 10.0. The summed E-state index contributed by atoms with van der Waals surface area (Å²) < 4.78 is 0. The van der Waals surface area contributed by atoms with E-state index in [0.29, 0.717) is 38.4 Å². The lowest BCUT2D eigenvalue weighted by Crippen LogP contribution is -2.49. The Balaban J connectivity index is 1.68. The Morgan fingerprint density at radius 2 is 1.96 bits per heavy atom. The van der Waals surface area contributed by atoms with Gasteiger partial charge in [0, 0.05) is 45.3 Å². The highest BCUT2D eigenvalue weighted by Gasteiger charge is 2.22. The van der Waals surface area contributed by atoms with Crippen LogP contribution >= 0.6 is 0 Å². The first-order valence-corrected chi connectivity index (χ1v) is 8.94. The Kier molecular flexibility index (Phi) is 7.18. The monoisotopic (exact) mass is 347 g/mol. The van der Waals surface area contributed by atoms with E-state index >= 15 is 0 Å². The Morgan fingerprint density at radius 1 is 1.24 bits per heavy atom.